The molecule has 0 amide bonds. The summed E-state index contributed by atoms with van der Waals surface area (Å²) in [7, 11) is 1.83. The van der Waals surface area contributed by atoms with Crippen LogP contribution in [0.4, 0.5) is 0 Å². The molecule has 20 heavy (non-hydrogen) atoms. The van der Waals surface area contributed by atoms with Gasteiger partial charge in [-0.25, -0.2) is 0 Å². The maximum Gasteiger partial charge on any atom is 0.191 e. The number of benzene rings is 1. The lowest BCUT2D eigenvalue weighted by molar-refractivity contribution is 0.601. The molecule has 0 aliphatic heterocycles. The van der Waals surface area contributed by atoms with Crippen LogP contribution < -0.4 is 10.6 Å². The topological polar surface area (TPSA) is 36.4 Å². The summed E-state index contributed by atoms with van der Waals surface area (Å²) in [5.74, 6) is 0.913. The second-order valence-electron chi connectivity index (χ2n) is 5.53. The van der Waals surface area contributed by atoms with Crippen LogP contribution in [0.15, 0.2) is 35.3 Å². The van der Waals surface area contributed by atoms with Crippen molar-refractivity contribution >= 4 is 29.9 Å². The first kappa shape index (κ1) is 17.3. The zero-order valence-corrected chi connectivity index (χ0v) is 15.0. The van der Waals surface area contributed by atoms with Crippen molar-refractivity contribution in [3.63, 3.8) is 0 Å². The molecule has 1 unspecified atom stereocenters. The molecule has 2 rings (SSSR count). The molecular weight excluding hydrogens is 361 g/mol. The Hall–Kier alpha value is -0.780. The van der Waals surface area contributed by atoms with E-state index in [0.29, 0.717) is 11.5 Å². The van der Waals surface area contributed by atoms with E-state index in [1.54, 1.807) is 0 Å². The van der Waals surface area contributed by atoms with Crippen LogP contribution in [0, 0.1) is 0 Å². The van der Waals surface area contributed by atoms with Gasteiger partial charge in [-0.2, -0.15) is 0 Å². The molecule has 1 aliphatic carbocycles. The highest BCUT2D eigenvalue weighted by Gasteiger charge is 2.43. The summed E-state index contributed by atoms with van der Waals surface area (Å²) in [5.41, 5.74) is 1.77. The van der Waals surface area contributed by atoms with Crippen molar-refractivity contribution in [3.05, 3.63) is 35.9 Å². The van der Waals surface area contributed by atoms with Crippen molar-refractivity contribution < 1.29 is 0 Å². The molecule has 1 aromatic rings. The lowest BCUT2D eigenvalue weighted by Crippen LogP contribution is -2.44. The second-order valence-corrected chi connectivity index (χ2v) is 5.53. The van der Waals surface area contributed by atoms with Gasteiger partial charge in [-0.1, -0.05) is 37.3 Å². The van der Waals surface area contributed by atoms with Gasteiger partial charge in [-0.05, 0) is 31.7 Å². The first-order valence-electron chi connectivity index (χ1n) is 7.23. The predicted octanol–water partition coefficient (Wildman–Crippen LogP) is 3.30. The summed E-state index contributed by atoms with van der Waals surface area (Å²) in [6, 6.07) is 11.3. The molecule has 1 aliphatic rings. The number of hydrogen-bond acceptors (Lipinski definition) is 1. The highest BCUT2D eigenvalue weighted by Crippen LogP contribution is 2.47. The van der Waals surface area contributed by atoms with Crippen LogP contribution in [0.25, 0.3) is 0 Å². The fourth-order valence-corrected chi connectivity index (χ4v) is 2.29. The van der Waals surface area contributed by atoms with Crippen molar-refractivity contribution in [3.8, 4) is 0 Å². The Morgan fingerprint density at radius 2 is 1.95 bits per heavy atom. The summed E-state index contributed by atoms with van der Waals surface area (Å²) >= 11 is 0. The van der Waals surface area contributed by atoms with Crippen LogP contribution in [0.2, 0.25) is 0 Å². The monoisotopic (exact) mass is 387 g/mol. The average Bonchev–Trinajstić information content (AvgIpc) is 3.25. The van der Waals surface area contributed by atoms with Gasteiger partial charge in [0.2, 0.25) is 0 Å². The van der Waals surface area contributed by atoms with Gasteiger partial charge >= 0.3 is 0 Å². The number of nitrogens with one attached hydrogen (secondary N) is 2. The SMILES string of the molecule is CCC(C)NC(=NC)NCC1(c2ccccc2)CC1.I. The van der Waals surface area contributed by atoms with Crippen molar-refractivity contribution in [2.75, 3.05) is 13.6 Å². The van der Waals surface area contributed by atoms with Crippen molar-refractivity contribution in [2.45, 2.75) is 44.6 Å². The number of guanidine groups is 1. The highest BCUT2D eigenvalue weighted by atomic mass is 127. The minimum Gasteiger partial charge on any atom is -0.356 e. The smallest absolute Gasteiger partial charge is 0.191 e. The zero-order valence-electron chi connectivity index (χ0n) is 12.6. The Morgan fingerprint density at radius 3 is 2.45 bits per heavy atom. The molecule has 0 heterocycles. The number of aliphatic imine (C=N–C) groups is 1. The quantitative estimate of drug-likeness (QED) is 0.462. The van der Waals surface area contributed by atoms with Gasteiger partial charge in [-0.3, -0.25) is 4.99 Å². The van der Waals surface area contributed by atoms with Gasteiger partial charge in [0.25, 0.3) is 0 Å². The van der Waals surface area contributed by atoms with E-state index < -0.39 is 0 Å². The Labute approximate surface area is 139 Å². The molecule has 0 saturated heterocycles. The van der Waals surface area contributed by atoms with Gasteiger partial charge < -0.3 is 10.6 Å². The standard InChI is InChI=1S/C16H25N3.HI/c1-4-13(2)19-15(17-3)18-12-16(10-11-16)14-8-6-5-7-9-14;/h5-9,13H,4,10-12H2,1-3H3,(H2,17,18,19);1H. The summed E-state index contributed by atoms with van der Waals surface area (Å²) in [4.78, 5) is 4.29. The molecule has 2 N–H and O–H groups in total. The van der Waals surface area contributed by atoms with E-state index in [-0.39, 0.29) is 24.0 Å². The fraction of sp³-hybridized carbons (Fsp3) is 0.562. The average molecular weight is 387 g/mol. The summed E-state index contributed by atoms with van der Waals surface area (Å²) < 4.78 is 0. The molecule has 1 saturated carbocycles. The van der Waals surface area contributed by atoms with Crippen LogP contribution in [0.5, 0.6) is 0 Å². The van der Waals surface area contributed by atoms with E-state index in [4.69, 9.17) is 0 Å². The molecule has 0 aromatic heterocycles. The molecule has 1 fully saturated rings. The van der Waals surface area contributed by atoms with Crippen molar-refractivity contribution in [2.24, 2.45) is 4.99 Å². The van der Waals surface area contributed by atoms with E-state index in [9.17, 15) is 0 Å². The number of halogens is 1. The largest absolute Gasteiger partial charge is 0.356 e. The number of nitrogens with zero attached hydrogens (tertiary/aromatic N) is 1. The van der Waals surface area contributed by atoms with Crippen LogP contribution in [-0.2, 0) is 5.41 Å². The molecule has 0 spiro atoms. The molecule has 1 aromatic carbocycles. The fourth-order valence-electron chi connectivity index (χ4n) is 2.29. The van der Waals surface area contributed by atoms with Gasteiger partial charge in [0.15, 0.2) is 5.96 Å². The molecule has 0 radical (unpaired) electrons. The molecule has 112 valence electrons. The lowest BCUT2D eigenvalue weighted by Gasteiger charge is -2.21. The minimum absolute atomic E-state index is 0. The Balaban J connectivity index is 0.00000200. The minimum atomic E-state index is 0. The number of rotatable bonds is 5. The first-order valence-corrected chi connectivity index (χ1v) is 7.23. The first-order chi connectivity index (χ1) is 9.20. The van der Waals surface area contributed by atoms with Gasteiger partial charge in [0.05, 0.1) is 0 Å². The van der Waals surface area contributed by atoms with Gasteiger partial charge in [0.1, 0.15) is 0 Å². The maximum absolute atomic E-state index is 4.29. The molecule has 3 nitrogen and oxygen atoms in total. The second kappa shape index (κ2) is 7.86. The van der Waals surface area contributed by atoms with E-state index in [1.807, 2.05) is 7.05 Å². The van der Waals surface area contributed by atoms with Crippen LogP contribution >= 0.6 is 24.0 Å². The van der Waals surface area contributed by atoms with E-state index in [1.165, 1.54) is 18.4 Å². The predicted molar refractivity (Wildman–Crippen MR) is 97.0 cm³/mol. The third-order valence-electron chi connectivity index (χ3n) is 4.05. The van der Waals surface area contributed by atoms with Crippen LogP contribution in [0.3, 0.4) is 0 Å². The van der Waals surface area contributed by atoms with E-state index in [2.05, 4.69) is 59.8 Å². The molecule has 0 bridgehead atoms. The van der Waals surface area contributed by atoms with E-state index >= 15 is 0 Å². The zero-order chi connectivity index (χ0) is 13.7. The Morgan fingerprint density at radius 1 is 1.30 bits per heavy atom. The van der Waals surface area contributed by atoms with Crippen LogP contribution in [-0.4, -0.2) is 25.6 Å². The van der Waals surface area contributed by atoms with Gasteiger partial charge in [-0.15, -0.1) is 24.0 Å². The summed E-state index contributed by atoms with van der Waals surface area (Å²) in [5, 5.41) is 6.88. The summed E-state index contributed by atoms with van der Waals surface area (Å²) in [6.07, 6.45) is 3.64. The van der Waals surface area contributed by atoms with Crippen molar-refractivity contribution in [1.82, 2.24) is 10.6 Å². The lowest BCUT2D eigenvalue weighted by atomic mass is 9.96. The summed E-state index contributed by atoms with van der Waals surface area (Å²) in [6.45, 7) is 5.32. The molecule has 1 atom stereocenters. The third kappa shape index (κ3) is 4.36. The molecule has 4 heteroatoms. The third-order valence-corrected chi connectivity index (χ3v) is 4.05. The Bertz CT molecular complexity index is 427. The van der Waals surface area contributed by atoms with E-state index in [0.717, 1.165) is 18.9 Å². The highest BCUT2D eigenvalue weighted by molar-refractivity contribution is 14.0. The molecular formula is C16H26IN3. The number of hydrogen-bond donors (Lipinski definition) is 2. The van der Waals surface area contributed by atoms with Crippen LogP contribution in [0.1, 0.15) is 38.7 Å². The van der Waals surface area contributed by atoms with Crippen molar-refractivity contribution in [1.29, 1.82) is 0 Å². The normalized spacial score (nSPS) is 17.9. The maximum atomic E-state index is 4.29. The van der Waals surface area contributed by atoms with Gasteiger partial charge in [0, 0.05) is 25.0 Å². The Kier molecular flexibility index (Phi) is 6.79.